The Morgan fingerprint density at radius 1 is 0.973 bits per heavy atom. The van der Waals surface area contributed by atoms with Crippen LogP contribution in [0.3, 0.4) is 0 Å². The van der Waals surface area contributed by atoms with Gasteiger partial charge in [-0.15, -0.1) is 0 Å². The number of nitrogens with one attached hydrogen (secondary N) is 1. The number of anilines is 1. The molecule has 3 atom stereocenters. The number of phenolic OH excluding ortho intramolecular Hbond substituents is 1. The summed E-state index contributed by atoms with van der Waals surface area (Å²) in [5.41, 5.74) is 2.01. The highest BCUT2D eigenvalue weighted by Crippen LogP contribution is 2.43. The van der Waals surface area contributed by atoms with Crippen molar-refractivity contribution in [1.29, 1.82) is 0 Å². The van der Waals surface area contributed by atoms with Crippen LogP contribution in [0.2, 0.25) is 0 Å². The molecule has 198 valence electrons. The van der Waals surface area contributed by atoms with Crippen LogP contribution < -0.4 is 14.8 Å². The van der Waals surface area contributed by atoms with E-state index in [-0.39, 0.29) is 12.8 Å². The second-order valence-corrected chi connectivity index (χ2v) is 11.3. The summed E-state index contributed by atoms with van der Waals surface area (Å²) < 4.78 is 10.9. The maximum absolute atomic E-state index is 13.5. The van der Waals surface area contributed by atoms with Gasteiger partial charge in [-0.1, -0.05) is 31.4 Å². The number of ether oxygens (including phenoxy) is 2. The molecule has 7 nitrogen and oxygen atoms in total. The first-order valence-corrected chi connectivity index (χ1v) is 14.1. The van der Waals surface area contributed by atoms with Crippen LogP contribution in [0.4, 0.5) is 10.5 Å². The van der Waals surface area contributed by atoms with Crippen molar-refractivity contribution in [2.24, 2.45) is 5.92 Å². The molecule has 2 amide bonds. The Morgan fingerprint density at radius 2 is 1.76 bits per heavy atom. The second-order valence-electron chi connectivity index (χ2n) is 11.3. The quantitative estimate of drug-likeness (QED) is 0.487. The number of carbonyl (C=O) groups is 1. The van der Waals surface area contributed by atoms with E-state index >= 15 is 0 Å². The Hall–Kier alpha value is -2.93. The third kappa shape index (κ3) is 5.52. The number of nitrogens with zero attached hydrogens (tertiary/aromatic N) is 2. The first-order chi connectivity index (χ1) is 18.1. The van der Waals surface area contributed by atoms with Gasteiger partial charge in [0.1, 0.15) is 5.75 Å². The zero-order valence-corrected chi connectivity index (χ0v) is 21.6. The van der Waals surface area contributed by atoms with Crippen molar-refractivity contribution in [2.75, 3.05) is 31.7 Å². The molecular formula is C30H39N3O4. The van der Waals surface area contributed by atoms with Crippen LogP contribution in [0, 0.1) is 5.92 Å². The van der Waals surface area contributed by atoms with E-state index in [2.05, 4.69) is 21.2 Å². The third-order valence-corrected chi connectivity index (χ3v) is 8.97. The molecule has 0 radical (unpaired) electrons. The lowest BCUT2D eigenvalue weighted by molar-refractivity contribution is 0.108. The van der Waals surface area contributed by atoms with Gasteiger partial charge in [0.25, 0.3) is 0 Å². The lowest BCUT2D eigenvalue weighted by Gasteiger charge is -2.40. The highest BCUT2D eigenvalue weighted by molar-refractivity contribution is 5.89. The van der Waals surface area contributed by atoms with Gasteiger partial charge in [-0.3, -0.25) is 4.90 Å². The first kappa shape index (κ1) is 24.4. The summed E-state index contributed by atoms with van der Waals surface area (Å²) in [6, 6.07) is 14.5. The molecule has 0 aromatic heterocycles. The second kappa shape index (κ2) is 10.8. The predicted octanol–water partition coefficient (Wildman–Crippen LogP) is 5.95. The van der Waals surface area contributed by atoms with E-state index < -0.39 is 0 Å². The number of phenols is 1. The minimum absolute atomic E-state index is 0.0218. The maximum atomic E-state index is 13.5. The van der Waals surface area contributed by atoms with Crippen LogP contribution >= 0.6 is 0 Å². The zero-order chi connectivity index (χ0) is 25.2. The van der Waals surface area contributed by atoms with Crippen molar-refractivity contribution < 1.29 is 19.4 Å². The van der Waals surface area contributed by atoms with Crippen molar-refractivity contribution in [3.05, 3.63) is 48.0 Å². The summed E-state index contributed by atoms with van der Waals surface area (Å²) in [7, 11) is 0. The van der Waals surface area contributed by atoms with Crippen molar-refractivity contribution in [3.8, 4) is 17.2 Å². The molecule has 3 heterocycles. The van der Waals surface area contributed by atoms with E-state index in [1.54, 1.807) is 6.07 Å². The predicted molar refractivity (Wildman–Crippen MR) is 143 cm³/mol. The van der Waals surface area contributed by atoms with E-state index in [0.29, 0.717) is 35.4 Å². The SMILES string of the molecule is O=C(Nc1ccc2c(c1)OCO2)N(CCN1[C@@H]2CC[C@H]1C[C@@H](c1cccc(O)c1)C2)CC1CCCCC1. The van der Waals surface area contributed by atoms with Crippen molar-refractivity contribution in [2.45, 2.75) is 75.8 Å². The molecule has 1 saturated carbocycles. The normalized spacial score (nSPS) is 25.2. The van der Waals surface area contributed by atoms with Crippen LogP contribution in [0.25, 0.3) is 0 Å². The molecule has 37 heavy (non-hydrogen) atoms. The first-order valence-electron chi connectivity index (χ1n) is 14.1. The molecule has 2 aromatic rings. The Balaban J connectivity index is 1.11. The third-order valence-electron chi connectivity index (χ3n) is 8.97. The standard InChI is InChI=1S/C30H39N3O4/c34-27-8-4-7-22(17-27)23-15-25-10-11-26(16-23)33(25)14-13-32(19-21-5-2-1-3-6-21)30(35)31-24-9-12-28-29(18-24)37-20-36-28/h4,7-9,12,17-18,21,23,25-26,34H,1-3,5-6,10-11,13-16,19-20H2,(H,31,35)/t23-,25+,26-. The van der Waals surface area contributed by atoms with Crippen LogP contribution in [0.1, 0.15) is 69.3 Å². The van der Waals surface area contributed by atoms with Crippen LogP contribution in [-0.2, 0) is 0 Å². The summed E-state index contributed by atoms with van der Waals surface area (Å²) in [5, 5.41) is 13.1. The van der Waals surface area contributed by atoms with Crippen LogP contribution in [0.15, 0.2) is 42.5 Å². The minimum atomic E-state index is -0.0218. The monoisotopic (exact) mass is 505 g/mol. The average Bonchev–Trinajstić information content (AvgIpc) is 3.47. The van der Waals surface area contributed by atoms with E-state index in [1.807, 2.05) is 30.3 Å². The van der Waals surface area contributed by atoms with Gasteiger partial charge in [0.05, 0.1) is 0 Å². The summed E-state index contributed by atoms with van der Waals surface area (Å²) in [4.78, 5) is 18.2. The molecule has 2 aromatic carbocycles. The number of hydrogen-bond acceptors (Lipinski definition) is 5. The number of carbonyl (C=O) groups excluding carboxylic acids is 1. The number of piperidine rings is 1. The number of fused-ring (bicyclic) bond motifs is 3. The molecule has 3 aliphatic heterocycles. The molecule has 6 rings (SSSR count). The summed E-state index contributed by atoms with van der Waals surface area (Å²) in [6.45, 7) is 2.72. The smallest absolute Gasteiger partial charge is 0.321 e. The van der Waals surface area contributed by atoms with Crippen molar-refractivity contribution >= 4 is 11.7 Å². The lowest BCUT2D eigenvalue weighted by Crippen LogP contribution is -2.48. The molecule has 4 aliphatic rings. The Labute approximate surface area is 219 Å². The van der Waals surface area contributed by atoms with Gasteiger partial charge in [0, 0.05) is 43.5 Å². The zero-order valence-electron chi connectivity index (χ0n) is 21.6. The van der Waals surface area contributed by atoms with Gasteiger partial charge < -0.3 is 24.8 Å². The summed E-state index contributed by atoms with van der Waals surface area (Å²) in [6.07, 6.45) is 11.0. The highest BCUT2D eigenvalue weighted by Gasteiger charge is 2.41. The highest BCUT2D eigenvalue weighted by atomic mass is 16.7. The molecule has 0 spiro atoms. The van der Waals surface area contributed by atoms with Crippen LogP contribution in [0.5, 0.6) is 17.2 Å². The maximum Gasteiger partial charge on any atom is 0.321 e. The number of hydrogen-bond donors (Lipinski definition) is 2. The molecule has 2 bridgehead atoms. The van der Waals surface area contributed by atoms with E-state index in [4.69, 9.17) is 9.47 Å². The van der Waals surface area contributed by atoms with E-state index in [9.17, 15) is 9.90 Å². The number of aromatic hydroxyl groups is 1. The van der Waals surface area contributed by atoms with Gasteiger partial charge in [-0.2, -0.15) is 0 Å². The van der Waals surface area contributed by atoms with Gasteiger partial charge in [0.15, 0.2) is 11.5 Å². The van der Waals surface area contributed by atoms with E-state index in [1.165, 1.54) is 50.5 Å². The molecule has 2 N–H and O–H groups in total. The largest absolute Gasteiger partial charge is 0.508 e. The average molecular weight is 506 g/mol. The Morgan fingerprint density at radius 3 is 2.54 bits per heavy atom. The number of amides is 2. The minimum Gasteiger partial charge on any atom is -0.508 e. The number of benzene rings is 2. The van der Waals surface area contributed by atoms with Gasteiger partial charge in [0.2, 0.25) is 6.79 Å². The van der Waals surface area contributed by atoms with E-state index in [0.717, 1.165) is 43.9 Å². The Bertz CT molecular complexity index is 1090. The fourth-order valence-corrected chi connectivity index (χ4v) is 7.06. The molecule has 2 saturated heterocycles. The van der Waals surface area contributed by atoms with Gasteiger partial charge in [-0.25, -0.2) is 4.79 Å². The lowest BCUT2D eigenvalue weighted by atomic mass is 9.85. The molecule has 7 heteroatoms. The topological polar surface area (TPSA) is 74.3 Å². The number of urea groups is 1. The fourth-order valence-electron chi connectivity index (χ4n) is 7.06. The molecular weight excluding hydrogens is 466 g/mol. The Kier molecular flexibility index (Phi) is 7.14. The molecule has 3 fully saturated rings. The fraction of sp³-hybridized carbons (Fsp3) is 0.567. The van der Waals surface area contributed by atoms with Gasteiger partial charge in [-0.05, 0) is 80.2 Å². The molecule has 0 unspecified atom stereocenters. The number of rotatable bonds is 7. The molecule has 1 aliphatic carbocycles. The van der Waals surface area contributed by atoms with Crippen LogP contribution in [-0.4, -0.2) is 59.4 Å². The van der Waals surface area contributed by atoms with Crippen molar-refractivity contribution in [3.63, 3.8) is 0 Å². The summed E-state index contributed by atoms with van der Waals surface area (Å²) >= 11 is 0. The van der Waals surface area contributed by atoms with Crippen molar-refractivity contribution in [1.82, 2.24) is 9.80 Å². The van der Waals surface area contributed by atoms with Gasteiger partial charge >= 0.3 is 6.03 Å². The summed E-state index contributed by atoms with van der Waals surface area (Å²) in [5.74, 6) is 2.86.